The average molecular weight is 127 g/mol. The Labute approximate surface area is 55.3 Å². The van der Waals surface area contributed by atoms with Gasteiger partial charge < -0.3 is 10.4 Å². The lowest BCUT2D eigenvalue weighted by molar-refractivity contribution is 0.103. The van der Waals surface area contributed by atoms with E-state index in [0.29, 0.717) is 6.04 Å². The van der Waals surface area contributed by atoms with E-state index < -0.39 is 0 Å². The molecule has 0 radical (unpaired) electrons. The van der Waals surface area contributed by atoms with Crippen molar-refractivity contribution in [3.05, 3.63) is 0 Å². The third kappa shape index (κ3) is 0.864. The highest BCUT2D eigenvalue weighted by molar-refractivity contribution is 4.93. The van der Waals surface area contributed by atoms with Gasteiger partial charge in [0, 0.05) is 12.1 Å². The first-order valence-corrected chi connectivity index (χ1v) is 3.80. The molecule has 2 fully saturated rings. The van der Waals surface area contributed by atoms with Crippen LogP contribution in [0.3, 0.4) is 0 Å². The van der Waals surface area contributed by atoms with Gasteiger partial charge in [0.2, 0.25) is 0 Å². The second-order valence-corrected chi connectivity index (χ2v) is 3.19. The molecular formula is C7H13NO. The summed E-state index contributed by atoms with van der Waals surface area (Å²) in [5.74, 6) is 0. The second-order valence-electron chi connectivity index (χ2n) is 3.19. The topological polar surface area (TPSA) is 32.3 Å². The monoisotopic (exact) mass is 127 g/mol. The van der Waals surface area contributed by atoms with E-state index in [1.807, 2.05) is 0 Å². The molecule has 3 atom stereocenters. The molecule has 2 aliphatic heterocycles. The fraction of sp³-hybridized carbons (Fsp3) is 1.00. The van der Waals surface area contributed by atoms with Crippen LogP contribution in [0.15, 0.2) is 0 Å². The van der Waals surface area contributed by atoms with Crippen LogP contribution in [0.4, 0.5) is 0 Å². The summed E-state index contributed by atoms with van der Waals surface area (Å²) in [4.78, 5) is 0. The van der Waals surface area contributed by atoms with Gasteiger partial charge in [-0.05, 0) is 25.7 Å². The Morgan fingerprint density at radius 2 is 1.89 bits per heavy atom. The molecule has 2 heteroatoms. The van der Waals surface area contributed by atoms with Crippen molar-refractivity contribution >= 4 is 0 Å². The van der Waals surface area contributed by atoms with Crippen molar-refractivity contribution < 1.29 is 5.11 Å². The van der Waals surface area contributed by atoms with Crippen LogP contribution in [0, 0.1) is 0 Å². The minimum Gasteiger partial charge on any atom is -0.392 e. The molecule has 52 valence electrons. The molecule has 0 aliphatic carbocycles. The molecule has 2 rings (SSSR count). The second kappa shape index (κ2) is 1.96. The van der Waals surface area contributed by atoms with Gasteiger partial charge in [-0.2, -0.15) is 0 Å². The summed E-state index contributed by atoms with van der Waals surface area (Å²) in [6.07, 6.45) is 4.61. The van der Waals surface area contributed by atoms with Gasteiger partial charge in [0.05, 0.1) is 6.10 Å². The molecule has 0 amide bonds. The standard InChI is InChI=1S/C7H13NO/c9-7-4-2-5-1-3-6(7)8-5/h5-9H,1-4H2/t5-,6+,7?/m0/s1. The van der Waals surface area contributed by atoms with Crippen molar-refractivity contribution in [3.8, 4) is 0 Å². The van der Waals surface area contributed by atoms with Gasteiger partial charge in [-0.15, -0.1) is 0 Å². The van der Waals surface area contributed by atoms with Gasteiger partial charge in [0.1, 0.15) is 0 Å². The normalized spacial score (nSPS) is 49.7. The summed E-state index contributed by atoms with van der Waals surface area (Å²) in [5.41, 5.74) is 0. The molecular weight excluding hydrogens is 114 g/mol. The summed E-state index contributed by atoms with van der Waals surface area (Å²) >= 11 is 0. The van der Waals surface area contributed by atoms with Crippen molar-refractivity contribution in [1.29, 1.82) is 0 Å². The van der Waals surface area contributed by atoms with Crippen LogP contribution < -0.4 is 5.32 Å². The smallest absolute Gasteiger partial charge is 0.0693 e. The Bertz CT molecular complexity index is 115. The first-order chi connectivity index (χ1) is 4.36. The molecule has 9 heavy (non-hydrogen) atoms. The van der Waals surface area contributed by atoms with Gasteiger partial charge >= 0.3 is 0 Å². The van der Waals surface area contributed by atoms with Crippen molar-refractivity contribution in [2.24, 2.45) is 0 Å². The highest BCUT2D eigenvalue weighted by atomic mass is 16.3. The van der Waals surface area contributed by atoms with Crippen LogP contribution in [0.25, 0.3) is 0 Å². The number of hydrogen-bond donors (Lipinski definition) is 2. The first kappa shape index (κ1) is 5.69. The molecule has 2 N–H and O–H groups in total. The van der Waals surface area contributed by atoms with Crippen LogP contribution in [0.5, 0.6) is 0 Å². The summed E-state index contributed by atoms with van der Waals surface area (Å²) in [6, 6.07) is 1.17. The van der Waals surface area contributed by atoms with Gasteiger partial charge in [0.15, 0.2) is 0 Å². The Morgan fingerprint density at radius 1 is 1.11 bits per heavy atom. The third-order valence-corrected chi connectivity index (χ3v) is 2.55. The number of aliphatic hydroxyl groups excluding tert-OH is 1. The van der Waals surface area contributed by atoms with E-state index in [0.717, 1.165) is 12.5 Å². The Kier molecular flexibility index (Phi) is 1.24. The number of hydrogen-bond acceptors (Lipinski definition) is 2. The molecule has 2 nitrogen and oxygen atoms in total. The Balaban J connectivity index is 2.05. The molecule has 2 aliphatic rings. The number of aliphatic hydroxyl groups is 1. The summed E-state index contributed by atoms with van der Waals surface area (Å²) in [6.45, 7) is 0. The van der Waals surface area contributed by atoms with Crippen LogP contribution in [-0.2, 0) is 0 Å². The van der Waals surface area contributed by atoms with Crippen molar-refractivity contribution in [2.45, 2.75) is 43.9 Å². The van der Waals surface area contributed by atoms with Crippen LogP contribution >= 0.6 is 0 Å². The molecule has 2 bridgehead atoms. The molecule has 2 saturated heterocycles. The number of piperidine rings is 1. The lowest BCUT2D eigenvalue weighted by Gasteiger charge is -2.25. The number of rotatable bonds is 0. The SMILES string of the molecule is OC1CC[C@@H]2CC[C@H]1N2. The zero-order valence-corrected chi connectivity index (χ0v) is 5.51. The molecule has 0 aromatic carbocycles. The first-order valence-electron chi connectivity index (χ1n) is 3.80. The molecule has 1 unspecified atom stereocenters. The van der Waals surface area contributed by atoms with Gasteiger partial charge in [-0.3, -0.25) is 0 Å². The quantitative estimate of drug-likeness (QED) is 0.489. The zero-order chi connectivity index (χ0) is 6.27. The van der Waals surface area contributed by atoms with Gasteiger partial charge in [-0.25, -0.2) is 0 Å². The molecule has 0 aromatic heterocycles. The summed E-state index contributed by atoms with van der Waals surface area (Å²) < 4.78 is 0. The largest absolute Gasteiger partial charge is 0.392 e. The molecule has 2 heterocycles. The third-order valence-electron chi connectivity index (χ3n) is 2.55. The zero-order valence-electron chi connectivity index (χ0n) is 5.51. The highest BCUT2D eigenvalue weighted by Crippen LogP contribution is 2.26. The Morgan fingerprint density at radius 3 is 2.67 bits per heavy atom. The van der Waals surface area contributed by atoms with E-state index in [4.69, 9.17) is 0 Å². The molecule has 0 saturated carbocycles. The lowest BCUT2D eigenvalue weighted by Crippen LogP contribution is -2.43. The highest BCUT2D eigenvalue weighted by Gasteiger charge is 2.33. The van der Waals surface area contributed by atoms with Crippen LogP contribution in [0.2, 0.25) is 0 Å². The molecule has 0 spiro atoms. The maximum Gasteiger partial charge on any atom is 0.0693 e. The van der Waals surface area contributed by atoms with E-state index >= 15 is 0 Å². The lowest BCUT2D eigenvalue weighted by atomic mass is 10.0. The van der Waals surface area contributed by atoms with Crippen molar-refractivity contribution in [2.75, 3.05) is 0 Å². The van der Waals surface area contributed by atoms with Crippen molar-refractivity contribution in [1.82, 2.24) is 5.32 Å². The van der Waals surface area contributed by atoms with E-state index in [1.165, 1.54) is 19.3 Å². The Hall–Kier alpha value is -0.0800. The summed E-state index contributed by atoms with van der Waals surface area (Å²) in [5, 5.41) is 12.7. The van der Waals surface area contributed by atoms with Crippen molar-refractivity contribution in [3.63, 3.8) is 0 Å². The minimum atomic E-state index is -0.0521. The minimum absolute atomic E-state index is 0.0521. The van der Waals surface area contributed by atoms with Gasteiger partial charge in [0.25, 0.3) is 0 Å². The summed E-state index contributed by atoms with van der Waals surface area (Å²) in [7, 11) is 0. The van der Waals surface area contributed by atoms with Crippen LogP contribution in [-0.4, -0.2) is 23.3 Å². The van der Waals surface area contributed by atoms with E-state index in [-0.39, 0.29) is 6.10 Å². The number of nitrogens with one attached hydrogen (secondary N) is 1. The fourth-order valence-corrected chi connectivity index (χ4v) is 1.95. The molecule has 0 aromatic rings. The van der Waals surface area contributed by atoms with Gasteiger partial charge in [-0.1, -0.05) is 0 Å². The average Bonchev–Trinajstić information content (AvgIpc) is 2.25. The maximum absolute atomic E-state index is 9.33. The predicted octanol–water partition coefficient (Wildman–Crippen LogP) is 0.262. The van der Waals surface area contributed by atoms with E-state index in [2.05, 4.69) is 5.32 Å². The fourth-order valence-electron chi connectivity index (χ4n) is 1.95. The van der Waals surface area contributed by atoms with E-state index in [9.17, 15) is 5.11 Å². The predicted molar refractivity (Wildman–Crippen MR) is 35.2 cm³/mol. The van der Waals surface area contributed by atoms with Crippen LogP contribution in [0.1, 0.15) is 25.7 Å². The van der Waals surface area contributed by atoms with E-state index in [1.54, 1.807) is 0 Å². The maximum atomic E-state index is 9.33. The number of fused-ring (bicyclic) bond motifs is 2.